The fourth-order valence-electron chi connectivity index (χ4n) is 3.27. The third kappa shape index (κ3) is 6.25. The molecule has 0 radical (unpaired) electrons. The number of nitrogens with zero attached hydrogens (tertiary/aromatic N) is 2. The number of nitrogens with one attached hydrogen (secondary N) is 2. The molecule has 142 valence electrons. The summed E-state index contributed by atoms with van der Waals surface area (Å²) in [5.41, 5.74) is 2.65. The quantitative estimate of drug-likeness (QED) is 0.351. The molecule has 1 saturated heterocycles. The highest BCUT2D eigenvalue weighted by molar-refractivity contribution is 14.0. The molecule has 2 N–H and O–H groups in total. The van der Waals surface area contributed by atoms with Crippen molar-refractivity contribution in [2.45, 2.75) is 32.4 Å². The highest BCUT2D eigenvalue weighted by atomic mass is 127. The summed E-state index contributed by atoms with van der Waals surface area (Å²) in [6.45, 7) is 6.94. The van der Waals surface area contributed by atoms with Crippen molar-refractivity contribution < 1.29 is 0 Å². The smallest absolute Gasteiger partial charge is 0.191 e. The van der Waals surface area contributed by atoms with Crippen molar-refractivity contribution in [3.8, 4) is 0 Å². The molecule has 1 unspecified atom stereocenters. The number of hydrogen-bond acceptors (Lipinski definition) is 3. The fraction of sp³-hybridized carbons (Fsp3) is 0.450. The van der Waals surface area contributed by atoms with Gasteiger partial charge in [0.05, 0.1) is 12.6 Å². The van der Waals surface area contributed by atoms with Gasteiger partial charge in [0.15, 0.2) is 5.96 Å². The number of thiophene rings is 1. The maximum Gasteiger partial charge on any atom is 0.191 e. The Bertz CT molecular complexity index is 639. The lowest BCUT2D eigenvalue weighted by Crippen LogP contribution is -2.42. The molecule has 6 heteroatoms. The van der Waals surface area contributed by atoms with Crippen LogP contribution in [-0.2, 0) is 6.54 Å². The Kier molecular flexibility index (Phi) is 9.42. The van der Waals surface area contributed by atoms with E-state index in [9.17, 15) is 0 Å². The molecular formula is C20H29IN4S. The first-order valence-corrected chi connectivity index (χ1v) is 10.1. The van der Waals surface area contributed by atoms with Gasteiger partial charge in [-0.15, -0.1) is 24.0 Å². The molecule has 1 fully saturated rings. The lowest BCUT2D eigenvalue weighted by Gasteiger charge is -2.29. The van der Waals surface area contributed by atoms with Gasteiger partial charge in [0.1, 0.15) is 0 Å². The minimum absolute atomic E-state index is 0. The molecule has 3 rings (SSSR count). The zero-order chi connectivity index (χ0) is 17.3. The first kappa shape index (κ1) is 21.2. The Morgan fingerprint density at radius 1 is 1.15 bits per heavy atom. The zero-order valence-corrected chi connectivity index (χ0v) is 18.5. The predicted molar refractivity (Wildman–Crippen MR) is 123 cm³/mol. The Hall–Kier alpha value is -1.12. The molecule has 0 bridgehead atoms. The largest absolute Gasteiger partial charge is 0.357 e. The summed E-state index contributed by atoms with van der Waals surface area (Å²) in [7, 11) is 0. The second-order valence-electron chi connectivity index (χ2n) is 6.38. The van der Waals surface area contributed by atoms with E-state index in [0.29, 0.717) is 6.04 Å². The second-order valence-corrected chi connectivity index (χ2v) is 7.16. The van der Waals surface area contributed by atoms with Crippen LogP contribution in [0.4, 0.5) is 0 Å². The highest BCUT2D eigenvalue weighted by Crippen LogP contribution is 2.24. The molecule has 0 amide bonds. The lowest BCUT2D eigenvalue weighted by molar-refractivity contribution is 0.245. The Labute approximate surface area is 178 Å². The summed E-state index contributed by atoms with van der Waals surface area (Å²) in [5.74, 6) is 0.897. The number of rotatable bonds is 7. The first-order chi connectivity index (χ1) is 12.4. The van der Waals surface area contributed by atoms with Crippen LogP contribution in [0.1, 0.15) is 36.9 Å². The summed E-state index contributed by atoms with van der Waals surface area (Å²) in [4.78, 5) is 7.32. The van der Waals surface area contributed by atoms with Gasteiger partial charge in [0.25, 0.3) is 0 Å². The van der Waals surface area contributed by atoms with Gasteiger partial charge in [-0.25, -0.2) is 4.99 Å². The normalized spacial score (nSPS) is 16.1. The topological polar surface area (TPSA) is 39.7 Å². The van der Waals surface area contributed by atoms with Crippen molar-refractivity contribution in [3.63, 3.8) is 0 Å². The van der Waals surface area contributed by atoms with E-state index in [2.05, 4.69) is 69.6 Å². The average molecular weight is 484 g/mol. The number of benzene rings is 1. The third-order valence-corrected chi connectivity index (χ3v) is 5.30. The number of aliphatic imine (C=N–C) groups is 1. The van der Waals surface area contributed by atoms with E-state index in [1.165, 1.54) is 37.1 Å². The summed E-state index contributed by atoms with van der Waals surface area (Å²) >= 11 is 1.72. The molecule has 0 saturated carbocycles. The van der Waals surface area contributed by atoms with Crippen molar-refractivity contribution in [2.24, 2.45) is 4.99 Å². The van der Waals surface area contributed by atoms with Crippen molar-refractivity contribution in [1.29, 1.82) is 0 Å². The summed E-state index contributed by atoms with van der Waals surface area (Å²) < 4.78 is 0. The van der Waals surface area contributed by atoms with Crippen LogP contribution in [0.5, 0.6) is 0 Å². The predicted octanol–water partition coefficient (Wildman–Crippen LogP) is 4.26. The summed E-state index contributed by atoms with van der Waals surface area (Å²) in [5, 5.41) is 11.2. The molecule has 0 aliphatic carbocycles. The second kappa shape index (κ2) is 11.6. The SMILES string of the molecule is CCNC(=NCc1ccsc1)NCC(c1ccccc1)N1CCCC1.I. The summed E-state index contributed by atoms with van der Waals surface area (Å²) in [6.07, 6.45) is 2.60. The number of likely N-dealkylation sites (tertiary alicyclic amines) is 1. The number of hydrogen-bond donors (Lipinski definition) is 2. The summed E-state index contributed by atoms with van der Waals surface area (Å²) in [6, 6.07) is 13.4. The van der Waals surface area contributed by atoms with E-state index in [4.69, 9.17) is 4.99 Å². The maximum atomic E-state index is 4.73. The Balaban J connectivity index is 0.00000243. The van der Waals surface area contributed by atoms with Crippen LogP contribution in [0.25, 0.3) is 0 Å². The molecular weight excluding hydrogens is 455 g/mol. The van der Waals surface area contributed by atoms with E-state index in [-0.39, 0.29) is 24.0 Å². The fourth-order valence-corrected chi connectivity index (χ4v) is 3.93. The van der Waals surface area contributed by atoms with E-state index in [1.807, 2.05) is 0 Å². The van der Waals surface area contributed by atoms with E-state index in [0.717, 1.165) is 25.6 Å². The molecule has 1 aliphatic rings. The molecule has 1 atom stereocenters. The van der Waals surface area contributed by atoms with Crippen molar-refractivity contribution in [3.05, 3.63) is 58.3 Å². The molecule has 26 heavy (non-hydrogen) atoms. The minimum Gasteiger partial charge on any atom is -0.357 e. The van der Waals surface area contributed by atoms with Crippen molar-refractivity contribution in [2.75, 3.05) is 26.2 Å². The van der Waals surface area contributed by atoms with Crippen molar-refractivity contribution in [1.82, 2.24) is 15.5 Å². The Morgan fingerprint density at radius 2 is 1.92 bits per heavy atom. The van der Waals surface area contributed by atoms with E-state index in [1.54, 1.807) is 11.3 Å². The van der Waals surface area contributed by atoms with Crippen LogP contribution in [0.15, 0.2) is 52.2 Å². The standard InChI is InChI=1S/C20H28N4S.HI/c1-2-21-20(22-14-17-10-13-25-16-17)23-15-19(24-11-6-7-12-24)18-8-4-3-5-9-18;/h3-5,8-10,13,16,19H,2,6-7,11-12,14-15H2,1H3,(H2,21,22,23);1H. The Morgan fingerprint density at radius 3 is 2.58 bits per heavy atom. The molecule has 0 spiro atoms. The van der Waals surface area contributed by atoms with Gasteiger partial charge in [0, 0.05) is 13.1 Å². The van der Waals surface area contributed by atoms with Gasteiger partial charge < -0.3 is 10.6 Å². The molecule has 1 aromatic heterocycles. The van der Waals surface area contributed by atoms with Gasteiger partial charge in [-0.3, -0.25) is 4.90 Å². The van der Waals surface area contributed by atoms with Crippen LogP contribution in [0.3, 0.4) is 0 Å². The lowest BCUT2D eigenvalue weighted by atomic mass is 10.1. The molecule has 1 aromatic carbocycles. The maximum absolute atomic E-state index is 4.73. The van der Waals surface area contributed by atoms with Crippen LogP contribution in [0, 0.1) is 0 Å². The molecule has 2 heterocycles. The van der Waals surface area contributed by atoms with Crippen LogP contribution < -0.4 is 10.6 Å². The minimum atomic E-state index is 0. The zero-order valence-electron chi connectivity index (χ0n) is 15.4. The molecule has 4 nitrogen and oxygen atoms in total. The van der Waals surface area contributed by atoms with Crippen LogP contribution in [0.2, 0.25) is 0 Å². The average Bonchev–Trinajstić information content (AvgIpc) is 3.35. The van der Waals surface area contributed by atoms with Gasteiger partial charge >= 0.3 is 0 Å². The van der Waals surface area contributed by atoms with Crippen molar-refractivity contribution >= 4 is 41.3 Å². The highest BCUT2D eigenvalue weighted by Gasteiger charge is 2.23. The molecule has 2 aromatic rings. The number of halogens is 1. The van der Waals surface area contributed by atoms with Gasteiger partial charge in [0.2, 0.25) is 0 Å². The molecule has 1 aliphatic heterocycles. The first-order valence-electron chi connectivity index (χ1n) is 9.19. The van der Waals surface area contributed by atoms with E-state index < -0.39 is 0 Å². The van der Waals surface area contributed by atoms with Gasteiger partial charge in [-0.05, 0) is 60.8 Å². The monoisotopic (exact) mass is 484 g/mol. The number of guanidine groups is 1. The van der Waals surface area contributed by atoms with Crippen LogP contribution in [-0.4, -0.2) is 37.0 Å². The van der Waals surface area contributed by atoms with E-state index >= 15 is 0 Å². The van der Waals surface area contributed by atoms with Gasteiger partial charge in [-0.1, -0.05) is 30.3 Å². The third-order valence-electron chi connectivity index (χ3n) is 4.57. The van der Waals surface area contributed by atoms with Crippen LogP contribution >= 0.6 is 35.3 Å². The van der Waals surface area contributed by atoms with Gasteiger partial charge in [-0.2, -0.15) is 11.3 Å².